The van der Waals surface area contributed by atoms with Crippen molar-refractivity contribution in [3.8, 4) is 0 Å². The van der Waals surface area contributed by atoms with E-state index in [2.05, 4.69) is 24.1 Å². The average Bonchev–Trinajstić information content (AvgIpc) is 2.46. The number of piperidine rings is 1. The lowest BCUT2D eigenvalue weighted by Gasteiger charge is -2.36. The van der Waals surface area contributed by atoms with Crippen LogP contribution in [0.3, 0.4) is 0 Å². The molecule has 1 aliphatic rings. The molecule has 0 radical (unpaired) electrons. The Kier molecular flexibility index (Phi) is 4.81. The highest BCUT2D eigenvalue weighted by atomic mass is 19.1. The standard InChI is InChI=1S/C16H25FN2/c1-4-13-6-5-9-19(11-13)16-8-7-14(17)10-15(16)12(2)18-3/h7-8,10,12-13,18H,4-6,9,11H2,1-3H3. The van der Waals surface area contributed by atoms with Crippen molar-refractivity contribution in [3.05, 3.63) is 29.6 Å². The van der Waals surface area contributed by atoms with Crippen molar-refractivity contribution < 1.29 is 4.39 Å². The van der Waals surface area contributed by atoms with Crippen LogP contribution in [0.15, 0.2) is 18.2 Å². The third kappa shape index (κ3) is 3.27. The molecule has 2 atom stereocenters. The molecule has 106 valence electrons. The van der Waals surface area contributed by atoms with Gasteiger partial charge < -0.3 is 10.2 Å². The highest BCUT2D eigenvalue weighted by molar-refractivity contribution is 5.55. The Morgan fingerprint density at radius 2 is 2.26 bits per heavy atom. The van der Waals surface area contributed by atoms with Gasteiger partial charge in [0.15, 0.2) is 0 Å². The van der Waals surface area contributed by atoms with Crippen LogP contribution in [-0.4, -0.2) is 20.1 Å². The molecule has 0 aromatic heterocycles. The molecule has 2 nitrogen and oxygen atoms in total. The first kappa shape index (κ1) is 14.3. The van der Waals surface area contributed by atoms with Crippen molar-refractivity contribution in [3.63, 3.8) is 0 Å². The topological polar surface area (TPSA) is 15.3 Å². The van der Waals surface area contributed by atoms with E-state index in [4.69, 9.17) is 0 Å². The van der Waals surface area contributed by atoms with E-state index in [1.54, 1.807) is 12.1 Å². The minimum Gasteiger partial charge on any atom is -0.371 e. The summed E-state index contributed by atoms with van der Waals surface area (Å²) in [5.41, 5.74) is 2.26. The number of nitrogens with one attached hydrogen (secondary N) is 1. The maximum atomic E-state index is 13.5. The van der Waals surface area contributed by atoms with Crippen LogP contribution in [0.4, 0.5) is 10.1 Å². The maximum absolute atomic E-state index is 13.5. The van der Waals surface area contributed by atoms with Crippen LogP contribution in [-0.2, 0) is 0 Å². The quantitative estimate of drug-likeness (QED) is 0.891. The van der Waals surface area contributed by atoms with Gasteiger partial charge in [0, 0.05) is 24.8 Å². The zero-order valence-electron chi connectivity index (χ0n) is 12.2. The first-order chi connectivity index (χ1) is 9.15. The number of hydrogen-bond donors (Lipinski definition) is 1. The molecule has 3 heteroatoms. The summed E-state index contributed by atoms with van der Waals surface area (Å²) in [6, 6.07) is 5.37. The molecular formula is C16H25FN2. The highest BCUT2D eigenvalue weighted by Crippen LogP contribution is 2.31. The third-order valence-corrected chi connectivity index (χ3v) is 4.33. The van der Waals surface area contributed by atoms with Gasteiger partial charge in [-0.05, 0) is 56.5 Å². The van der Waals surface area contributed by atoms with E-state index in [1.807, 2.05) is 13.1 Å². The molecule has 1 fully saturated rings. The largest absolute Gasteiger partial charge is 0.371 e. The molecule has 2 rings (SSSR count). The molecule has 0 amide bonds. The summed E-state index contributed by atoms with van der Waals surface area (Å²) in [4.78, 5) is 2.43. The highest BCUT2D eigenvalue weighted by Gasteiger charge is 2.22. The molecule has 1 aromatic rings. The zero-order chi connectivity index (χ0) is 13.8. The van der Waals surface area contributed by atoms with Gasteiger partial charge in [-0.2, -0.15) is 0 Å². The fraction of sp³-hybridized carbons (Fsp3) is 0.625. The van der Waals surface area contributed by atoms with Crippen molar-refractivity contribution in [1.82, 2.24) is 5.32 Å². The predicted octanol–water partition coefficient (Wildman–Crippen LogP) is 3.73. The van der Waals surface area contributed by atoms with Crippen LogP contribution in [0, 0.1) is 11.7 Å². The molecule has 0 spiro atoms. The van der Waals surface area contributed by atoms with Crippen LogP contribution < -0.4 is 10.2 Å². The van der Waals surface area contributed by atoms with Crippen molar-refractivity contribution >= 4 is 5.69 Å². The van der Waals surface area contributed by atoms with Crippen LogP contribution in [0.2, 0.25) is 0 Å². The Morgan fingerprint density at radius 3 is 2.95 bits per heavy atom. The SMILES string of the molecule is CCC1CCCN(c2ccc(F)cc2C(C)NC)C1. The molecule has 1 saturated heterocycles. The zero-order valence-corrected chi connectivity index (χ0v) is 12.2. The summed E-state index contributed by atoms with van der Waals surface area (Å²) >= 11 is 0. The Bertz CT molecular complexity index is 419. The number of benzene rings is 1. The normalized spacial score (nSPS) is 21.5. The summed E-state index contributed by atoms with van der Waals surface area (Å²) < 4.78 is 13.5. The molecule has 0 saturated carbocycles. The van der Waals surface area contributed by atoms with E-state index in [1.165, 1.54) is 24.9 Å². The van der Waals surface area contributed by atoms with Crippen LogP contribution in [0.5, 0.6) is 0 Å². The van der Waals surface area contributed by atoms with E-state index < -0.39 is 0 Å². The Hall–Kier alpha value is -1.09. The fourth-order valence-electron chi connectivity index (χ4n) is 2.93. The average molecular weight is 264 g/mol. The Balaban J connectivity index is 2.27. The number of rotatable bonds is 4. The number of nitrogens with zero attached hydrogens (tertiary/aromatic N) is 1. The first-order valence-corrected chi connectivity index (χ1v) is 7.37. The van der Waals surface area contributed by atoms with Crippen molar-refractivity contribution in [2.45, 2.75) is 39.2 Å². The van der Waals surface area contributed by atoms with Gasteiger partial charge >= 0.3 is 0 Å². The summed E-state index contributed by atoms with van der Waals surface area (Å²) in [6.07, 6.45) is 3.79. The van der Waals surface area contributed by atoms with Crippen LogP contribution in [0.25, 0.3) is 0 Å². The van der Waals surface area contributed by atoms with E-state index >= 15 is 0 Å². The smallest absolute Gasteiger partial charge is 0.123 e. The minimum atomic E-state index is -0.148. The first-order valence-electron chi connectivity index (χ1n) is 7.37. The van der Waals surface area contributed by atoms with E-state index in [9.17, 15) is 4.39 Å². The van der Waals surface area contributed by atoms with Gasteiger partial charge in [0.1, 0.15) is 5.82 Å². The Morgan fingerprint density at radius 1 is 1.47 bits per heavy atom. The van der Waals surface area contributed by atoms with Crippen LogP contribution in [0.1, 0.15) is 44.7 Å². The molecule has 1 heterocycles. The second-order valence-electron chi connectivity index (χ2n) is 5.58. The fourth-order valence-corrected chi connectivity index (χ4v) is 2.93. The molecule has 19 heavy (non-hydrogen) atoms. The molecule has 1 aromatic carbocycles. The van der Waals surface area contributed by atoms with Gasteiger partial charge in [0.25, 0.3) is 0 Å². The lowest BCUT2D eigenvalue weighted by molar-refractivity contribution is 0.403. The number of halogens is 1. The molecule has 2 unspecified atom stereocenters. The summed E-state index contributed by atoms with van der Waals surface area (Å²) in [5, 5.41) is 3.22. The van der Waals surface area contributed by atoms with Gasteiger partial charge in [0.05, 0.1) is 0 Å². The van der Waals surface area contributed by atoms with Gasteiger partial charge in [0.2, 0.25) is 0 Å². The van der Waals surface area contributed by atoms with E-state index in [0.717, 1.165) is 24.6 Å². The van der Waals surface area contributed by atoms with Crippen molar-refractivity contribution in [2.24, 2.45) is 5.92 Å². The van der Waals surface area contributed by atoms with Crippen LogP contribution >= 0.6 is 0 Å². The molecule has 0 aliphatic carbocycles. The molecule has 1 aliphatic heterocycles. The maximum Gasteiger partial charge on any atom is 0.123 e. The second-order valence-corrected chi connectivity index (χ2v) is 5.58. The molecule has 1 N–H and O–H groups in total. The van der Waals surface area contributed by atoms with Gasteiger partial charge in [-0.3, -0.25) is 0 Å². The Labute approximate surface area is 116 Å². The third-order valence-electron chi connectivity index (χ3n) is 4.33. The number of anilines is 1. The lowest BCUT2D eigenvalue weighted by Crippen LogP contribution is -2.36. The predicted molar refractivity (Wildman–Crippen MR) is 79.1 cm³/mol. The van der Waals surface area contributed by atoms with Crippen molar-refractivity contribution in [2.75, 3.05) is 25.0 Å². The minimum absolute atomic E-state index is 0.148. The van der Waals surface area contributed by atoms with Crippen molar-refractivity contribution in [1.29, 1.82) is 0 Å². The summed E-state index contributed by atoms with van der Waals surface area (Å²) in [6.45, 7) is 6.53. The lowest BCUT2D eigenvalue weighted by atomic mass is 9.94. The molecular weight excluding hydrogens is 239 g/mol. The summed E-state index contributed by atoms with van der Waals surface area (Å²) in [5.74, 6) is 0.626. The second kappa shape index (κ2) is 6.38. The van der Waals surface area contributed by atoms with E-state index in [-0.39, 0.29) is 11.9 Å². The monoisotopic (exact) mass is 264 g/mol. The molecule has 0 bridgehead atoms. The van der Waals surface area contributed by atoms with Gasteiger partial charge in [-0.15, -0.1) is 0 Å². The number of hydrogen-bond acceptors (Lipinski definition) is 2. The summed E-state index contributed by atoms with van der Waals surface area (Å²) in [7, 11) is 1.92. The van der Waals surface area contributed by atoms with Gasteiger partial charge in [-0.25, -0.2) is 4.39 Å². The van der Waals surface area contributed by atoms with Gasteiger partial charge in [-0.1, -0.05) is 13.3 Å². The van der Waals surface area contributed by atoms with E-state index in [0.29, 0.717) is 0 Å².